The number of methoxy groups -OCH3 is 2. The van der Waals surface area contributed by atoms with Gasteiger partial charge in [0.2, 0.25) is 17.7 Å². The Morgan fingerprint density at radius 2 is 1.69 bits per heavy atom. The molecule has 0 spiro atoms. The molecule has 1 aromatic carbocycles. The van der Waals surface area contributed by atoms with Crippen LogP contribution in [0.2, 0.25) is 5.02 Å². The van der Waals surface area contributed by atoms with Gasteiger partial charge in [0.15, 0.2) is 0 Å². The van der Waals surface area contributed by atoms with E-state index in [1.807, 2.05) is 12.2 Å². The third-order valence-electron chi connectivity index (χ3n) is 4.65. The summed E-state index contributed by atoms with van der Waals surface area (Å²) in [5.41, 5.74) is 0.335. The van der Waals surface area contributed by atoms with Gasteiger partial charge in [-0.25, -0.2) is 0 Å². The van der Waals surface area contributed by atoms with Crippen LogP contribution >= 0.6 is 11.6 Å². The topological polar surface area (TPSA) is 84.9 Å². The number of hydrogen-bond acceptors (Lipinski definition) is 5. The second-order valence-corrected chi connectivity index (χ2v) is 6.56. The number of allylic oxidation sites excluding steroid dienone is 2. The van der Waals surface area contributed by atoms with Crippen LogP contribution in [0.5, 0.6) is 11.5 Å². The molecular formula is C18H19ClN2O5. The molecule has 26 heavy (non-hydrogen) atoms. The van der Waals surface area contributed by atoms with Crippen LogP contribution in [0.3, 0.4) is 0 Å². The number of fused-ring (bicyclic) bond motifs is 1. The molecule has 1 fully saturated rings. The van der Waals surface area contributed by atoms with Crippen molar-refractivity contribution >= 4 is 35.0 Å². The van der Waals surface area contributed by atoms with E-state index in [4.69, 9.17) is 21.1 Å². The zero-order valence-corrected chi connectivity index (χ0v) is 15.2. The van der Waals surface area contributed by atoms with Gasteiger partial charge in [0.25, 0.3) is 0 Å². The summed E-state index contributed by atoms with van der Waals surface area (Å²) in [6.45, 7) is -0.336. The van der Waals surface area contributed by atoms with Gasteiger partial charge in [0, 0.05) is 6.07 Å². The molecule has 8 heteroatoms. The summed E-state index contributed by atoms with van der Waals surface area (Å²) in [6.07, 6.45) is 4.88. The lowest BCUT2D eigenvalue weighted by atomic mass is 9.85. The number of anilines is 1. The maximum atomic E-state index is 12.4. The highest BCUT2D eigenvalue weighted by molar-refractivity contribution is 6.32. The Morgan fingerprint density at radius 3 is 2.23 bits per heavy atom. The van der Waals surface area contributed by atoms with Gasteiger partial charge in [0.1, 0.15) is 18.0 Å². The lowest BCUT2D eigenvalue weighted by molar-refractivity contribution is -0.142. The second-order valence-electron chi connectivity index (χ2n) is 6.15. The van der Waals surface area contributed by atoms with Crippen molar-refractivity contribution in [2.75, 3.05) is 26.1 Å². The summed E-state index contributed by atoms with van der Waals surface area (Å²) in [4.78, 5) is 38.3. The molecule has 1 aromatic rings. The number of nitrogens with zero attached hydrogens (tertiary/aromatic N) is 1. The van der Waals surface area contributed by atoms with Crippen LogP contribution in [0.25, 0.3) is 0 Å². The molecule has 0 unspecified atom stereocenters. The highest BCUT2D eigenvalue weighted by atomic mass is 35.5. The van der Waals surface area contributed by atoms with Crippen molar-refractivity contribution in [3.05, 3.63) is 29.3 Å². The fourth-order valence-electron chi connectivity index (χ4n) is 3.32. The van der Waals surface area contributed by atoms with Crippen molar-refractivity contribution in [3.8, 4) is 11.5 Å². The minimum atomic E-state index is -0.502. The van der Waals surface area contributed by atoms with Gasteiger partial charge in [0.05, 0.1) is 36.8 Å². The second kappa shape index (κ2) is 7.37. The summed E-state index contributed by atoms with van der Waals surface area (Å²) in [5.74, 6) is -1.04. The van der Waals surface area contributed by atoms with E-state index in [0.717, 1.165) is 4.90 Å². The first-order valence-corrected chi connectivity index (χ1v) is 8.55. The number of carbonyl (C=O) groups excluding carboxylic acids is 3. The Hall–Kier alpha value is -2.54. The maximum Gasteiger partial charge on any atom is 0.244 e. The third kappa shape index (κ3) is 3.26. The Labute approximate surface area is 155 Å². The number of carbonyl (C=O) groups is 3. The molecule has 2 aliphatic rings. The van der Waals surface area contributed by atoms with E-state index < -0.39 is 5.91 Å². The Morgan fingerprint density at radius 1 is 1.12 bits per heavy atom. The van der Waals surface area contributed by atoms with Crippen molar-refractivity contribution in [2.45, 2.75) is 12.8 Å². The monoisotopic (exact) mass is 378 g/mol. The van der Waals surface area contributed by atoms with Crippen molar-refractivity contribution in [3.63, 3.8) is 0 Å². The molecule has 138 valence electrons. The van der Waals surface area contributed by atoms with Crippen LogP contribution in [-0.2, 0) is 14.4 Å². The van der Waals surface area contributed by atoms with E-state index in [9.17, 15) is 14.4 Å². The molecule has 1 aliphatic heterocycles. The Balaban J connectivity index is 1.73. The molecule has 0 aromatic heterocycles. The average molecular weight is 379 g/mol. The van der Waals surface area contributed by atoms with Gasteiger partial charge in [-0.05, 0) is 18.9 Å². The van der Waals surface area contributed by atoms with Crippen LogP contribution in [0, 0.1) is 11.8 Å². The van der Waals surface area contributed by atoms with Gasteiger partial charge in [-0.3, -0.25) is 19.3 Å². The summed E-state index contributed by atoms with van der Waals surface area (Å²) < 4.78 is 10.3. The fourth-order valence-corrected chi connectivity index (χ4v) is 3.56. The summed E-state index contributed by atoms with van der Waals surface area (Å²) in [6, 6.07) is 3.04. The van der Waals surface area contributed by atoms with Crippen LogP contribution in [-0.4, -0.2) is 43.4 Å². The summed E-state index contributed by atoms with van der Waals surface area (Å²) in [7, 11) is 2.92. The first kappa shape index (κ1) is 18.3. The van der Waals surface area contributed by atoms with Gasteiger partial charge < -0.3 is 14.8 Å². The molecule has 2 atom stereocenters. The highest BCUT2D eigenvalue weighted by Gasteiger charge is 2.47. The number of ether oxygens (including phenoxy) is 2. The van der Waals surface area contributed by atoms with Crippen LogP contribution in [0.15, 0.2) is 24.3 Å². The van der Waals surface area contributed by atoms with Gasteiger partial charge >= 0.3 is 0 Å². The largest absolute Gasteiger partial charge is 0.495 e. The number of rotatable bonds is 5. The molecule has 3 amide bonds. The Bertz CT molecular complexity index is 766. The zero-order valence-electron chi connectivity index (χ0n) is 14.5. The standard InChI is InChI=1S/C18H19ClN2O5/c1-25-14-8-15(26-2)13(7-12(14)19)20-16(22)9-21-17(23)10-5-3-4-6-11(10)18(21)24/h3-4,7-8,10-11H,5-6,9H2,1-2H3,(H,20,22)/t10-,11-/m1/s1. The molecule has 7 nitrogen and oxygen atoms in total. The van der Waals surface area contributed by atoms with Crippen LogP contribution in [0.4, 0.5) is 5.69 Å². The van der Waals surface area contributed by atoms with E-state index in [2.05, 4.69) is 5.32 Å². The zero-order chi connectivity index (χ0) is 18.8. The van der Waals surface area contributed by atoms with E-state index in [1.54, 1.807) is 6.07 Å². The summed E-state index contributed by atoms with van der Waals surface area (Å²) >= 11 is 6.08. The molecule has 1 heterocycles. The quantitative estimate of drug-likeness (QED) is 0.627. The first-order chi connectivity index (χ1) is 12.5. The van der Waals surface area contributed by atoms with Gasteiger partial charge in [-0.1, -0.05) is 23.8 Å². The van der Waals surface area contributed by atoms with Crippen molar-refractivity contribution < 1.29 is 23.9 Å². The maximum absolute atomic E-state index is 12.4. The smallest absolute Gasteiger partial charge is 0.244 e. The molecule has 0 bridgehead atoms. The molecule has 0 radical (unpaired) electrons. The third-order valence-corrected chi connectivity index (χ3v) is 4.94. The highest BCUT2D eigenvalue weighted by Crippen LogP contribution is 2.37. The van der Waals surface area contributed by atoms with Crippen LogP contribution in [0.1, 0.15) is 12.8 Å². The molecule has 1 N–H and O–H groups in total. The number of halogens is 1. The van der Waals surface area contributed by atoms with E-state index in [-0.39, 0.29) is 30.2 Å². The number of imide groups is 1. The van der Waals surface area contributed by atoms with Crippen molar-refractivity contribution in [1.29, 1.82) is 0 Å². The van der Waals surface area contributed by atoms with Crippen molar-refractivity contribution in [2.24, 2.45) is 11.8 Å². The minimum absolute atomic E-state index is 0.292. The lowest BCUT2D eigenvalue weighted by Crippen LogP contribution is -2.38. The lowest BCUT2D eigenvalue weighted by Gasteiger charge is -2.16. The molecule has 0 saturated carbocycles. The average Bonchev–Trinajstić information content (AvgIpc) is 2.87. The molecule has 1 saturated heterocycles. The van der Waals surface area contributed by atoms with E-state index in [1.165, 1.54) is 20.3 Å². The molecule has 1 aliphatic carbocycles. The normalized spacial score (nSPS) is 21.6. The van der Waals surface area contributed by atoms with Gasteiger partial charge in [-0.2, -0.15) is 0 Å². The molecule has 3 rings (SSSR count). The predicted molar refractivity (Wildman–Crippen MR) is 95.3 cm³/mol. The first-order valence-electron chi connectivity index (χ1n) is 8.17. The number of amides is 3. The predicted octanol–water partition coefficient (Wildman–Crippen LogP) is 2.25. The van der Waals surface area contributed by atoms with E-state index in [0.29, 0.717) is 35.1 Å². The fraction of sp³-hybridized carbons (Fsp3) is 0.389. The van der Waals surface area contributed by atoms with Gasteiger partial charge in [-0.15, -0.1) is 0 Å². The van der Waals surface area contributed by atoms with Crippen molar-refractivity contribution in [1.82, 2.24) is 4.90 Å². The number of hydrogen-bond donors (Lipinski definition) is 1. The summed E-state index contributed by atoms with van der Waals surface area (Å²) in [5, 5.41) is 2.94. The number of benzene rings is 1. The van der Waals surface area contributed by atoms with E-state index >= 15 is 0 Å². The molecular weight excluding hydrogens is 360 g/mol. The SMILES string of the molecule is COc1cc(OC)c(NC(=O)CN2C(=O)[C@@H]3CC=CC[C@H]3C2=O)cc1Cl. The minimum Gasteiger partial charge on any atom is -0.495 e. The number of likely N-dealkylation sites (tertiary alicyclic amines) is 1. The Kier molecular flexibility index (Phi) is 5.18. The van der Waals surface area contributed by atoms with Crippen LogP contribution < -0.4 is 14.8 Å². The number of nitrogens with one attached hydrogen (secondary N) is 1.